The van der Waals surface area contributed by atoms with Gasteiger partial charge in [-0.3, -0.25) is 4.98 Å². The summed E-state index contributed by atoms with van der Waals surface area (Å²) in [4.78, 5) is 9.19. The summed E-state index contributed by atoms with van der Waals surface area (Å²) >= 11 is 0. The highest BCUT2D eigenvalue weighted by Crippen LogP contribution is 2.28. The second-order valence-electron chi connectivity index (χ2n) is 5.76. The van der Waals surface area contributed by atoms with Crippen LogP contribution in [0.2, 0.25) is 0 Å². The van der Waals surface area contributed by atoms with Gasteiger partial charge in [-0.05, 0) is 43.3 Å². The van der Waals surface area contributed by atoms with Crippen LogP contribution in [0.3, 0.4) is 0 Å². The van der Waals surface area contributed by atoms with Crippen molar-refractivity contribution in [2.24, 2.45) is 7.05 Å². The molecule has 2 aromatic heterocycles. The Morgan fingerprint density at radius 3 is 2.60 bits per heavy atom. The van der Waals surface area contributed by atoms with Crippen molar-refractivity contribution in [3.8, 4) is 6.07 Å². The highest BCUT2D eigenvalue weighted by atomic mass is 35.5. The highest BCUT2D eigenvalue weighted by Gasteiger charge is 2.10. The van der Waals surface area contributed by atoms with Gasteiger partial charge in [-0.25, -0.2) is 4.98 Å². The molecule has 0 saturated heterocycles. The molecule has 0 aliphatic rings. The number of pyridine rings is 1. The van der Waals surface area contributed by atoms with Crippen molar-refractivity contribution >= 4 is 46.0 Å². The number of hydrogen-bond donors (Lipinski definition) is 1. The highest BCUT2D eigenvalue weighted by molar-refractivity contribution is 5.94. The Labute approximate surface area is 151 Å². The summed E-state index contributed by atoms with van der Waals surface area (Å²) in [5, 5.41) is 13.5. The Bertz CT molecular complexity index is 1120. The van der Waals surface area contributed by atoms with Crippen molar-refractivity contribution in [2.45, 2.75) is 6.92 Å². The average Bonchev–Trinajstić information content (AvgIpc) is 2.91. The number of aryl methyl sites for hydroxylation is 2. The first-order valence-corrected chi connectivity index (χ1v) is 7.66. The smallest absolute Gasteiger partial charge is 0.208 e. The number of benzene rings is 2. The normalized spacial score (nSPS) is 10.4. The van der Waals surface area contributed by atoms with Crippen LogP contribution in [0.1, 0.15) is 11.3 Å². The summed E-state index contributed by atoms with van der Waals surface area (Å²) < 4.78 is 2.02. The van der Waals surface area contributed by atoms with E-state index >= 15 is 0 Å². The van der Waals surface area contributed by atoms with Gasteiger partial charge < -0.3 is 9.88 Å². The topological polar surface area (TPSA) is 66.5 Å². The molecule has 0 aliphatic carbocycles. The molecule has 6 heteroatoms. The van der Waals surface area contributed by atoms with Crippen LogP contribution in [0.4, 0.5) is 11.6 Å². The summed E-state index contributed by atoms with van der Waals surface area (Å²) in [5.74, 6) is 0.755. The number of nitrogens with zero attached hydrogens (tertiary/aromatic N) is 4. The zero-order valence-corrected chi connectivity index (χ0v) is 14.6. The molecule has 2 aromatic carbocycles. The largest absolute Gasteiger partial charge is 0.325 e. The number of para-hydroxylation sites is 2. The van der Waals surface area contributed by atoms with Crippen LogP contribution < -0.4 is 5.32 Å². The van der Waals surface area contributed by atoms with E-state index in [4.69, 9.17) is 5.26 Å². The fourth-order valence-corrected chi connectivity index (χ4v) is 2.91. The van der Waals surface area contributed by atoms with Crippen LogP contribution in [-0.4, -0.2) is 14.5 Å². The van der Waals surface area contributed by atoms with Gasteiger partial charge in [-0.1, -0.05) is 12.1 Å². The maximum absolute atomic E-state index is 9.16. The van der Waals surface area contributed by atoms with Gasteiger partial charge in [0.25, 0.3) is 0 Å². The molecule has 0 amide bonds. The van der Waals surface area contributed by atoms with E-state index in [0.29, 0.717) is 5.56 Å². The second-order valence-corrected chi connectivity index (χ2v) is 5.76. The Balaban J connectivity index is 0.00000182. The van der Waals surface area contributed by atoms with Crippen molar-refractivity contribution in [2.75, 3.05) is 5.32 Å². The van der Waals surface area contributed by atoms with Gasteiger partial charge in [0.1, 0.15) is 0 Å². The van der Waals surface area contributed by atoms with Gasteiger partial charge >= 0.3 is 0 Å². The number of hydrogen-bond acceptors (Lipinski definition) is 4. The van der Waals surface area contributed by atoms with Crippen molar-refractivity contribution in [1.29, 1.82) is 5.26 Å². The standard InChI is InChI=1S/C19H15N5.ClH/c1-12-9-17(14-10-13(11-20)7-8-15(14)21-12)23-19-22-16-5-3-4-6-18(16)24(19)2;/h3-10H,1-2H3,(H,21,22,23);1H. The van der Waals surface area contributed by atoms with E-state index in [1.807, 2.05) is 61.0 Å². The Kier molecular flexibility index (Phi) is 4.30. The summed E-state index contributed by atoms with van der Waals surface area (Å²) in [7, 11) is 1.98. The fraction of sp³-hybridized carbons (Fsp3) is 0.105. The molecule has 2 heterocycles. The summed E-state index contributed by atoms with van der Waals surface area (Å²) in [6.45, 7) is 1.96. The molecule has 0 saturated carbocycles. The Morgan fingerprint density at radius 2 is 1.84 bits per heavy atom. The van der Waals surface area contributed by atoms with Crippen molar-refractivity contribution < 1.29 is 0 Å². The lowest BCUT2D eigenvalue weighted by Gasteiger charge is -2.11. The lowest BCUT2D eigenvalue weighted by atomic mass is 10.1. The molecule has 4 rings (SSSR count). The van der Waals surface area contributed by atoms with Gasteiger partial charge in [-0.15, -0.1) is 12.4 Å². The zero-order valence-electron chi connectivity index (χ0n) is 13.8. The van der Waals surface area contributed by atoms with Crippen LogP contribution in [0, 0.1) is 18.3 Å². The first-order valence-electron chi connectivity index (χ1n) is 7.66. The number of anilines is 2. The summed E-state index contributed by atoms with van der Waals surface area (Å²) in [5.41, 5.74) is 5.28. The van der Waals surface area contributed by atoms with E-state index in [2.05, 4.69) is 21.4 Å². The van der Waals surface area contributed by atoms with E-state index in [1.165, 1.54) is 0 Å². The third-order valence-electron chi connectivity index (χ3n) is 4.10. The number of aromatic nitrogens is 3. The number of fused-ring (bicyclic) bond motifs is 2. The quantitative estimate of drug-likeness (QED) is 0.580. The molecule has 0 bridgehead atoms. The monoisotopic (exact) mass is 349 g/mol. The minimum atomic E-state index is 0. The van der Waals surface area contributed by atoms with Gasteiger partial charge in [0.05, 0.1) is 33.9 Å². The van der Waals surface area contributed by atoms with Crippen molar-refractivity contribution in [3.63, 3.8) is 0 Å². The minimum Gasteiger partial charge on any atom is -0.325 e. The number of halogens is 1. The third-order valence-corrected chi connectivity index (χ3v) is 4.10. The third kappa shape index (κ3) is 2.88. The predicted molar refractivity (Wildman–Crippen MR) is 102 cm³/mol. The van der Waals surface area contributed by atoms with E-state index < -0.39 is 0 Å². The van der Waals surface area contributed by atoms with E-state index in [0.717, 1.165) is 39.3 Å². The molecular weight excluding hydrogens is 334 g/mol. The van der Waals surface area contributed by atoms with E-state index in [-0.39, 0.29) is 12.4 Å². The van der Waals surface area contributed by atoms with Crippen LogP contribution in [0.5, 0.6) is 0 Å². The lowest BCUT2D eigenvalue weighted by Crippen LogP contribution is -2.01. The van der Waals surface area contributed by atoms with Crippen LogP contribution in [0.15, 0.2) is 48.5 Å². The summed E-state index contributed by atoms with van der Waals surface area (Å²) in [6.07, 6.45) is 0. The Hall–Kier alpha value is -3.10. The molecule has 124 valence electrons. The number of rotatable bonds is 2. The van der Waals surface area contributed by atoms with E-state index in [1.54, 1.807) is 6.07 Å². The molecule has 1 N–H and O–H groups in total. The SMILES string of the molecule is Cc1cc(Nc2nc3ccccc3n2C)c2cc(C#N)ccc2n1.Cl. The fourth-order valence-electron chi connectivity index (χ4n) is 2.91. The van der Waals surface area contributed by atoms with Gasteiger partial charge in [0.15, 0.2) is 0 Å². The van der Waals surface area contributed by atoms with Crippen LogP contribution >= 0.6 is 12.4 Å². The average molecular weight is 350 g/mol. The van der Waals surface area contributed by atoms with Crippen LogP contribution in [-0.2, 0) is 7.05 Å². The maximum atomic E-state index is 9.16. The number of nitrogens with one attached hydrogen (secondary N) is 1. The van der Waals surface area contributed by atoms with Crippen LogP contribution in [0.25, 0.3) is 21.9 Å². The van der Waals surface area contributed by atoms with Crippen molar-refractivity contribution in [1.82, 2.24) is 14.5 Å². The maximum Gasteiger partial charge on any atom is 0.208 e. The van der Waals surface area contributed by atoms with E-state index in [9.17, 15) is 0 Å². The zero-order chi connectivity index (χ0) is 16.7. The van der Waals surface area contributed by atoms with Gasteiger partial charge in [0, 0.05) is 18.1 Å². The number of imidazole rings is 1. The molecule has 5 nitrogen and oxygen atoms in total. The first kappa shape index (κ1) is 16.7. The molecule has 0 aliphatic heterocycles. The second kappa shape index (κ2) is 6.42. The molecular formula is C19H16ClN5. The number of nitriles is 1. The predicted octanol–water partition coefficient (Wildman–Crippen LogP) is 4.47. The molecule has 4 aromatic rings. The molecule has 0 radical (unpaired) electrons. The molecule has 0 spiro atoms. The molecule has 25 heavy (non-hydrogen) atoms. The summed E-state index contributed by atoms with van der Waals surface area (Å²) in [6, 6.07) is 17.7. The van der Waals surface area contributed by atoms with Crippen molar-refractivity contribution in [3.05, 3.63) is 59.8 Å². The van der Waals surface area contributed by atoms with Gasteiger partial charge in [-0.2, -0.15) is 5.26 Å². The Morgan fingerprint density at radius 1 is 1.04 bits per heavy atom. The minimum absolute atomic E-state index is 0. The van der Waals surface area contributed by atoms with Gasteiger partial charge in [0.2, 0.25) is 5.95 Å². The lowest BCUT2D eigenvalue weighted by molar-refractivity contribution is 0.958. The molecule has 0 atom stereocenters. The first-order chi connectivity index (χ1) is 11.7. The molecule has 0 fully saturated rings. The molecule has 0 unspecified atom stereocenters.